The van der Waals surface area contributed by atoms with Gasteiger partial charge in [0.2, 0.25) is 0 Å². The lowest BCUT2D eigenvalue weighted by molar-refractivity contribution is -0.134. The number of hydrogen-bond acceptors (Lipinski definition) is 3. The summed E-state index contributed by atoms with van der Waals surface area (Å²) in [7, 11) is 0. The van der Waals surface area contributed by atoms with Crippen LogP contribution < -0.4 is 11.0 Å². The molecule has 12 heavy (non-hydrogen) atoms. The van der Waals surface area contributed by atoms with Crippen LogP contribution >= 0.6 is 0 Å². The monoisotopic (exact) mass is 169 g/mol. The predicted octanol–water partition coefficient (Wildman–Crippen LogP) is 0.540. The van der Waals surface area contributed by atoms with Crippen molar-refractivity contribution in [3.63, 3.8) is 0 Å². The molecule has 0 unspecified atom stereocenters. The molecule has 0 aromatic heterocycles. The van der Waals surface area contributed by atoms with Crippen molar-refractivity contribution in [3.05, 3.63) is 11.8 Å². The molecule has 0 spiro atoms. The third-order valence-electron chi connectivity index (χ3n) is 1.82. The quantitative estimate of drug-likeness (QED) is 0.634. The van der Waals surface area contributed by atoms with Crippen LogP contribution in [0.5, 0.6) is 0 Å². The summed E-state index contributed by atoms with van der Waals surface area (Å²) in [5.74, 6) is 0.0613. The summed E-state index contributed by atoms with van der Waals surface area (Å²) in [6.45, 7) is 5.89. The van der Waals surface area contributed by atoms with Gasteiger partial charge in [-0.2, -0.15) is 0 Å². The van der Waals surface area contributed by atoms with Crippen molar-refractivity contribution in [1.82, 2.24) is 16.0 Å². The van der Waals surface area contributed by atoms with E-state index in [1.807, 2.05) is 20.8 Å². The molecule has 0 saturated heterocycles. The number of hydrazine groups is 2. The molecule has 4 heteroatoms. The summed E-state index contributed by atoms with van der Waals surface area (Å²) < 4.78 is 0. The summed E-state index contributed by atoms with van der Waals surface area (Å²) >= 11 is 0. The summed E-state index contributed by atoms with van der Waals surface area (Å²) in [6, 6.07) is 0.167. The van der Waals surface area contributed by atoms with Crippen LogP contribution in [0.4, 0.5) is 0 Å². The number of nitrogens with zero attached hydrogens (tertiary/aromatic N) is 1. The Hall–Kier alpha value is -1.03. The summed E-state index contributed by atoms with van der Waals surface area (Å²) in [5, 5.41) is 1.58. The van der Waals surface area contributed by atoms with E-state index in [1.54, 1.807) is 11.2 Å². The van der Waals surface area contributed by atoms with Crippen LogP contribution in [0.25, 0.3) is 0 Å². The fourth-order valence-electron chi connectivity index (χ4n) is 1.07. The summed E-state index contributed by atoms with van der Waals surface area (Å²) in [6.07, 6.45) is 2.47. The Labute approximate surface area is 72.6 Å². The zero-order valence-corrected chi connectivity index (χ0v) is 7.72. The molecule has 0 aromatic rings. The molecule has 1 heterocycles. The van der Waals surface area contributed by atoms with E-state index in [0.717, 1.165) is 12.0 Å². The van der Waals surface area contributed by atoms with E-state index >= 15 is 0 Å². The normalized spacial score (nSPS) is 17.8. The molecule has 68 valence electrons. The van der Waals surface area contributed by atoms with Gasteiger partial charge in [-0.15, -0.1) is 5.53 Å². The number of carbonyl (C=O) groups excluding carboxylic acids is 1. The largest absolute Gasteiger partial charge is 0.311 e. The molecule has 1 rings (SSSR count). The number of carbonyl (C=O) groups is 1. The summed E-state index contributed by atoms with van der Waals surface area (Å²) in [4.78, 5) is 11.6. The maximum atomic E-state index is 11.6. The van der Waals surface area contributed by atoms with E-state index in [0.29, 0.717) is 0 Å². The predicted molar refractivity (Wildman–Crippen MR) is 46.6 cm³/mol. The highest BCUT2D eigenvalue weighted by Gasteiger charge is 2.22. The van der Waals surface area contributed by atoms with Crippen LogP contribution in [0.2, 0.25) is 0 Å². The van der Waals surface area contributed by atoms with Crippen LogP contribution in [-0.2, 0) is 4.79 Å². The number of nitrogens with one attached hydrogen (secondary N) is 2. The van der Waals surface area contributed by atoms with Gasteiger partial charge in [0.05, 0.1) is 0 Å². The zero-order chi connectivity index (χ0) is 9.14. The molecule has 0 radical (unpaired) electrons. The lowest BCUT2D eigenvalue weighted by Crippen LogP contribution is -2.55. The Balaban J connectivity index is 2.73. The fourth-order valence-corrected chi connectivity index (χ4v) is 1.07. The van der Waals surface area contributed by atoms with Gasteiger partial charge in [-0.25, -0.2) is 0 Å². The fraction of sp³-hybridized carbons (Fsp3) is 0.625. The van der Waals surface area contributed by atoms with Crippen molar-refractivity contribution in [2.75, 3.05) is 0 Å². The van der Waals surface area contributed by atoms with Gasteiger partial charge in [0.25, 0.3) is 5.91 Å². The minimum atomic E-state index is 0.0613. The number of rotatable bonds is 2. The minimum absolute atomic E-state index is 0.0613. The van der Waals surface area contributed by atoms with Crippen molar-refractivity contribution >= 4 is 5.91 Å². The van der Waals surface area contributed by atoms with Crippen LogP contribution in [0, 0.1) is 0 Å². The standard InChI is InChI=1S/C8H15N3O/c1-4-7-5-9-10-11(6(2)3)8(7)12/h5-6,9-10H,4H2,1-3H3. The van der Waals surface area contributed by atoms with E-state index < -0.39 is 0 Å². The molecule has 0 aromatic carbocycles. The molecule has 0 fully saturated rings. The third kappa shape index (κ3) is 1.58. The molecule has 4 nitrogen and oxygen atoms in total. The Morgan fingerprint density at radius 2 is 2.25 bits per heavy atom. The first-order valence-corrected chi connectivity index (χ1v) is 4.20. The van der Waals surface area contributed by atoms with E-state index in [9.17, 15) is 4.79 Å². The number of hydrogen-bond donors (Lipinski definition) is 2. The van der Waals surface area contributed by atoms with Crippen molar-refractivity contribution in [2.24, 2.45) is 0 Å². The first kappa shape index (κ1) is 9.06. The van der Waals surface area contributed by atoms with E-state index in [-0.39, 0.29) is 11.9 Å². The Kier molecular flexibility index (Phi) is 2.70. The zero-order valence-electron chi connectivity index (χ0n) is 7.72. The SMILES string of the molecule is CCC1=CNNN(C(C)C)C1=O. The molecule has 1 aliphatic heterocycles. The second-order valence-electron chi connectivity index (χ2n) is 3.05. The highest BCUT2D eigenvalue weighted by atomic mass is 16.2. The van der Waals surface area contributed by atoms with E-state index in [2.05, 4.69) is 11.0 Å². The molecule has 2 N–H and O–H groups in total. The van der Waals surface area contributed by atoms with Crippen LogP contribution in [0.1, 0.15) is 27.2 Å². The van der Waals surface area contributed by atoms with E-state index in [4.69, 9.17) is 0 Å². The lowest BCUT2D eigenvalue weighted by Gasteiger charge is -2.31. The highest BCUT2D eigenvalue weighted by Crippen LogP contribution is 2.08. The average Bonchev–Trinajstić information content (AvgIpc) is 2.04. The van der Waals surface area contributed by atoms with Crippen molar-refractivity contribution < 1.29 is 4.79 Å². The second kappa shape index (κ2) is 3.58. The highest BCUT2D eigenvalue weighted by molar-refractivity contribution is 5.93. The van der Waals surface area contributed by atoms with Gasteiger partial charge >= 0.3 is 0 Å². The molecular weight excluding hydrogens is 154 g/mol. The Morgan fingerprint density at radius 1 is 1.58 bits per heavy atom. The topological polar surface area (TPSA) is 44.4 Å². The molecular formula is C8H15N3O. The van der Waals surface area contributed by atoms with Crippen LogP contribution in [0.3, 0.4) is 0 Å². The van der Waals surface area contributed by atoms with Gasteiger partial charge < -0.3 is 5.43 Å². The average molecular weight is 169 g/mol. The van der Waals surface area contributed by atoms with Crippen molar-refractivity contribution in [2.45, 2.75) is 33.2 Å². The molecule has 0 atom stereocenters. The van der Waals surface area contributed by atoms with Crippen molar-refractivity contribution in [3.8, 4) is 0 Å². The molecule has 1 amide bonds. The lowest BCUT2D eigenvalue weighted by atomic mass is 10.2. The first-order chi connectivity index (χ1) is 5.66. The van der Waals surface area contributed by atoms with Gasteiger partial charge in [-0.3, -0.25) is 9.80 Å². The Bertz CT molecular complexity index is 210. The van der Waals surface area contributed by atoms with Gasteiger partial charge in [0, 0.05) is 17.8 Å². The molecule has 0 bridgehead atoms. The van der Waals surface area contributed by atoms with Crippen LogP contribution in [-0.4, -0.2) is 17.0 Å². The third-order valence-corrected chi connectivity index (χ3v) is 1.82. The molecule has 0 aliphatic carbocycles. The second-order valence-corrected chi connectivity index (χ2v) is 3.05. The first-order valence-electron chi connectivity index (χ1n) is 4.20. The summed E-state index contributed by atoms with van der Waals surface area (Å²) in [5.41, 5.74) is 6.44. The van der Waals surface area contributed by atoms with Crippen LogP contribution in [0.15, 0.2) is 11.8 Å². The minimum Gasteiger partial charge on any atom is -0.311 e. The van der Waals surface area contributed by atoms with Gasteiger partial charge in [0.1, 0.15) is 0 Å². The smallest absolute Gasteiger partial charge is 0.267 e. The van der Waals surface area contributed by atoms with Gasteiger partial charge in [-0.05, 0) is 20.3 Å². The maximum Gasteiger partial charge on any atom is 0.267 e. The number of amides is 1. The molecule has 1 aliphatic rings. The Morgan fingerprint density at radius 3 is 2.75 bits per heavy atom. The van der Waals surface area contributed by atoms with E-state index in [1.165, 1.54) is 0 Å². The maximum absolute atomic E-state index is 11.6. The van der Waals surface area contributed by atoms with Gasteiger partial charge in [-0.1, -0.05) is 6.92 Å². The molecule has 0 saturated carbocycles. The van der Waals surface area contributed by atoms with Crippen molar-refractivity contribution in [1.29, 1.82) is 0 Å². The van der Waals surface area contributed by atoms with Gasteiger partial charge in [0.15, 0.2) is 0 Å².